The number of rotatable bonds is 7. The van der Waals surface area contributed by atoms with E-state index in [9.17, 15) is 4.39 Å². The number of nitrogen functional groups attached to an aromatic ring is 1. The van der Waals surface area contributed by atoms with Gasteiger partial charge in [0.15, 0.2) is 0 Å². The molecule has 0 saturated carbocycles. The molecule has 2 aromatic rings. The molecule has 0 radical (unpaired) electrons. The topological polar surface area (TPSA) is 29.3 Å². The van der Waals surface area contributed by atoms with E-state index in [0.29, 0.717) is 6.42 Å². The van der Waals surface area contributed by atoms with Crippen LogP contribution in [0.1, 0.15) is 17.5 Å². The maximum absolute atomic E-state index is 12.3. The van der Waals surface area contributed by atoms with E-state index in [4.69, 9.17) is 5.73 Å². The molecule has 0 amide bonds. The van der Waals surface area contributed by atoms with E-state index in [1.54, 1.807) is 11.8 Å². The molecule has 2 N–H and O–H groups in total. The third-order valence-electron chi connectivity index (χ3n) is 3.35. The number of nitrogens with zero attached hydrogens (tertiary/aromatic N) is 1. The van der Waals surface area contributed by atoms with Crippen LogP contribution in [-0.4, -0.2) is 25.7 Å². The van der Waals surface area contributed by atoms with Crippen molar-refractivity contribution >= 4 is 17.4 Å². The Labute approximate surface area is 136 Å². The lowest BCUT2D eigenvalue weighted by Crippen LogP contribution is -2.11. The van der Waals surface area contributed by atoms with Crippen LogP contribution in [0.2, 0.25) is 0 Å². The van der Waals surface area contributed by atoms with Crippen LogP contribution in [0, 0.1) is 0 Å². The molecule has 0 bridgehead atoms. The minimum atomic E-state index is -0.283. The summed E-state index contributed by atoms with van der Waals surface area (Å²) in [4.78, 5) is 4.43. The van der Waals surface area contributed by atoms with Crippen molar-refractivity contribution in [2.75, 3.05) is 26.5 Å². The third-order valence-corrected chi connectivity index (χ3v) is 4.56. The molecule has 118 valence electrons. The van der Waals surface area contributed by atoms with E-state index < -0.39 is 0 Å². The number of hydrogen-bond donors (Lipinski definition) is 1. The van der Waals surface area contributed by atoms with Gasteiger partial charge in [0.2, 0.25) is 0 Å². The molecule has 0 saturated heterocycles. The van der Waals surface area contributed by atoms with Gasteiger partial charge in [-0.1, -0.05) is 36.0 Å². The molecule has 0 aliphatic rings. The van der Waals surface area contributed by atoms with Crippen molar-refractivity contribution in [1.82, 2.24) is 4.90 Å². The number of alkyl halides is 1. The lowest BCUT2D eigenvalue weighted by atomic mass is 10.1. The standard InChI is InChI=1S/C18H23FN2S/c1-21(2)13-15-7-3-4-8-17(15)22-18-10-9-14(6-5-11-19)12-16(18)20/h3-4,7-10,12H,5-6,11,13,20H2,1-2H3/i19-1. The van der Waals surface area contributed by atoms with Gasteiger partial charge in [-0.25, -0.2) is 0 Å². The van der Waals surface area contributed by atoms with E-state index in [1.165, 1.54) is 10.5 Å². The van der Waals surface area contributed by atoms with Crippen LogP contribution < -0.4 is 5.73 Å². The first-order valence-electron chi connectivity index (χ1n) is 7.45. The molecule has 2 nitrogen and oxygen atoms in total. The van der Waals surface area contributed by atoms with Crippen molar-refractivity contribution in [3.8, 4) is 0 Å². The van der Waals surface area contributed by atoms with Crippen LogP contribution >= 0.6 is 11.8 Å². The Kier molecular flexibility index (Phi) is 6.28. The first-order chi connectivity index (χ1) is 10.6. The van der Waals surface area contributed by atoms with Crippen LogP contribution in [-0.2, 0) is 13.0 Å². The summed E-state index contributed by atoms with van der Waals surface area (Å²) in [6, 6.07) is 14.4. The van der Waals surface area contributed by atoms with E-state index in [2.05, 4.69) is 37.2 Å². The van der Waals surface area contributed by atoms with E-state index in [-0.39, 0.29) is 6.67 Å². The molecule has 0 aliphatic carbocycles. The van der Waals surface area contributed by atoms with Gasteiger partial charge in [0.25, 0.3) is 0 Å². The number of nitrogens with two attached hydrogens (primary N) is 1. The maximum atomic E-state index is 12.3. The fourth-order valence-electron chi connectivity index (χ4n) is 2.31. The minimum Gasteiger partial charge on any atom is -0.398 e. The van der Waals surface area contributed by atoms with Crippen molar-refractivity contribution in [1.29, 1.82) is 0 Å². The SMILES string of the molecule is CN(C)Cc1ccccc1Sc1ccc(CCC[18F])cc1N. The van der Waals surface area contributed by atoms with Crippen molar-refractivity contribution in [2.45, 2.75) is 29.2 Å². The molecule has 0 atom stereocenters. The molecule has 0 unspecified atom stereocenters. The van der Waals surface area contributed by atoms with Crippen molar-refractivity contribution in [2.24, 2.45) is 0 Å². The smallest absolute Gasteiger partial charge is 0.0897 e. The molecule has 0 heterocycles. The maximum Gasteiger partial charge on any atom is 0.0897 e. The zero-order valence-electron chi connectivity index (χ0n) is 13.2. The van der Waals surface area contributed by atoms with Crippen molar-refractivity contribution < 1.29 is 4.39 Å². The van der Waals surface area contributed by atoms with Gasteiger partial charge in [-0.2, -0.15) is 0 Å². The Bertz CT molecular complexity index is 614. The molecular formula is C18H23FN2S. The highest BCUT2D eigenvalue weighted by molar-refractivity contribution is 7.99. The van der Waals surface area contributed by atoms with Gasteiger partial charge in [-0.3, -0.25) is 4.39 Å². The fraction of sp³-hybridized carbons (Fsp3) is 0.333. The second-order valence-corrected chi connectivity index (χ2v) is 6.70. The van der Waals surface area contributed by atoms with Crippen LogP contribution in [0.4, 0.5) is 10.1 Å². The van der Waals surface area contributed by atoms with Crippen molar-refractivity contribution in [3.05, 3.63) is 53.6 Å². The molecule has 22 heavy (non-hydrogen) atoms. The molecule has 0 aliphatic heterocycles. The number of anilines is 1. The predicted molar refractivity (Wildman–Crippen MR) is 93.1 cm³/mol. The lowest BCUT2D eigenvalue weighted by molar-refractivity contribution is 0.399. The monoisotopic (exact) mass is 317 g/mol. The summed E-state index contributed by atoms with van der Waals surface area (Å²) in [5.74, 6) is 0. The number of aryl methyl sites for hydroxylation is 1. The Morgan fingerprint density at radius 2 is 1.86 bits per heavy atom. The molecule has 0 fully saturated rings. The normalized spacial score (nSPS) is 11.1. The average molecular weight is 317 g/mol. The predicted octanol–water partition coefficient (Wildman–Crippen LogP) is 4.38. The highest BCUT2D eigenvalue weighted by Gasteiger charge is 2.08. The number of hydrogen-bond acceptors (Lipinski definition) is 3. The first-order valence-corrected chi connectivity index (χ1v) is 8.26. The zero-order chi connectivity index (χ0) is 15.9. The summed E-state index contributed by atoms with van der Waals surface area (Å²) >= 11 is 1.69. The van der Waals surface area contributed by atoms with E-state index in [1.807, 2.05) is 24.3 Å². The second-order valence-electron chi connectivity index (χ2n) is 5.61. The largest absolute Gasteiger partial charge is 0.398 e. The quantitative estimate of drug-likeness (QED) is 0.768. The number of benzene rings is 2. The van der Waals surface area contributed by atoms with Gasteiger partial charge < -0.3 is 10.6 Å². The van der Waals surface area contributed by atoms with Gasteiger partial charge >= 0.3 is 0 Å². The minimum absolute atomic E-state index is 0.283. The summed E-state index contributed by atoms with van der Waals surface area (Å²) in [5.41, 5.74) is 9.32. The van der Waals surface area contributed by atoms with Gasteiger partial charge in [0.1, 0.15) is 0 Å². The Morgan fingerprint density at radius 1 is 1.09 bits per heavy atom. The average Bonchev–Trinajstić information content (AvgIpc) is 2.49. The summed E-state index contributed by atoms with van der Waals surface area (Å²) < 4.78 is 12.3. The highest BCUT2D eigenvalue weighted by atomic mass is 32.2. The molecule has 2 aromatic carbocycles. The van der Waals surface area contributed by atoms with Gasteiger partial charge in [-0.15, -0.1) is 0 Å². The molecule has 2 rings (SSSR count). The highest BCUT2D eigenvalue weighted by Crippen LogP contribution is 2.35. The molecule has 0 aromatic heterocycles. The van der Waals surface area contributed by atoms with Gasteiger partial charge in [0.05, 0.1) is 6.67 Å². The second kappa shape index (κ2) is 8.20. The third kappa shape index (κ3) is 4.75. The van der Waals surface area contributed by atoms with Crippen molar-refractivity contribution in [3.63, 3.8) is 0 Å². The van der Waals surface area contributed by atoms with Crippen LogP contribution in [0.3, 0.4) is 0 Å². The van der Waals surface area contributed by atoms with Crippen LogP contribution in [0.5, 0.6) is 0 Å². The summed E-state index contributed by atoms with van der Waals surface area (Å²) in [7, 11) is 4.13. The lowest BCUT2D eigenvalue weighted by Gasteiger charge is -2.14. The molecule has 4 heteroatoms. The van der Waals surface area contributed by atoms with E-state index in [0.717, 1.165) is 29.1 Å². The fourth-order valence-corrected chi connectivity index (χ4v) is 3.27. The Hall–Kier alpha value is -1.52. The van der Waals surface area contributed by atoms with Crippen LogP contribution in [0.15, 0.2) is 52.3 Å². The van der Waals surface area contributed by atoms with E-state index >= 15 is 0 Å². The first kappa shape index (κ1) is 16.8. The van der Waals surface area contributed by atoms with Gasteiger partial charge in [0, 0.05) is 22.0 Å². The van der Waals surface area contributed by atoms with Gasteiger partial charge in [-0.05, 0) is 56.3 Å². The van der Waals surface area contributed by atoms with Crippen LogP contribution in [0.25, 0.3) is 0 Å². The molecule has 0 spiro atoms. The summed E-state index contributed by atoms with van der Waals surface area (Å²) in [6.07, 6.45) is 1.29. The zero-order valence-corrected chi connectivity index (χ0v) is 14.0. The Morgan fingerprint density at radius 3 is 2.55 bits per heavy atom. The Balaban J connectivity index is 2.17. The summed E-state index contributed by atoms with van der Waals surface area (Å²) in [5, 5.41) is 0. The molecular weight excluding hydrogens is 294 g/mol. The summed E-state index contributed by atoms with van der Waals surface area (Å²) in [6.45, 7) is 0.617. The number of halogens is 1.